The topological polar surface area (TPSA) is 21.3 Å². The summed E-state index contributed by atoms with van der Waals surface area (Å²) in [6.07, 6.45) is 5.12. The average Bonchev–Trinajstić information content (AvgIpc) is 2.91. The number of hydrogen-bond acceptors (Lipinski definition) is 3. The average molecular weight is 281 g/mol. The third kappa shape index (κ3) is 3.04. The van der Waals surface area contributed by atoms with Gasteiger partial charge >= 0.3 is 0 Å². The molecular weight excluding hydrogens is 254 g/mol. The summed E-state index contributed by atoms with van der Waals surface area (Å²) in [6.45, 7) is 8.74. The smallest absolute Gasteiger partial charge is 0.0661 e. The maximum Gasteiger partial charge on any atom is 0.0661 e. The Bertz CT molecular complexity index is 359. The van der Waals surface area contributed by atoms with Gasteiger partial charge in [-0.1, -0.05) is 26.8 Å². The Morgan fingerprint density at radius 1 is 1.37 bits per heavy atom. The Hall–Kier alpha value is -0.380. The van der Waals surface area contributed by atoms with Crippen LogP contribution in [0.25, 0.3) is 0 Å². The van der Waals surface area contributed by atoms with Gasteiger partial charge in [0.15, 0.2) is 0 Å². The minimum atomic E-state index is 0.367. The van der Waals surface area contributed by atoms with Crippen LogP contribution in [0.15, 0.2) is 17.5 Å². The molecule has 1 heterocycles. The summed E-state index contributed by atoms with van der Waals surface area (Å²) in [5, 5.41) is 5.77. The SMILES string of the molecule is CCNC1CC(OCCc2cccs2)C1(CC)CC. The molecule has 1 saturated carbocycles. The molecule has 0 amide bonds. The van der Waals surface area contributed by atoms with E-state index in [0.29, 0.717) is 17.6 Å². The molecule has 0 bridgehead atoms. The molecule has 1 fully saturated rings. The summed E-state index contributed by atoms with van der Waals surface area (Å²) in [4.78, 5) is 1.43. The van der Waals surface area contributed by atoms with Crippen LogP contribution in [0.1, 0.15) is 44.9 Å². The zero-order valence-corrected chi connectivity index (χ0v) is 13.3. The van der Waals surface area contributed by atoms with Crippen LogP contribution in [0.3, 0.4) is 0 Å². The maximum atomic E-state index is 6.19. The highest BCUT2D eigenvalue weighted by molar-refractivity contribution is 7.09. The first-order chi connectivity index (χ1) is 9.26. The summed E-state index contributed by atoms with van der Waals surface area (Å²) >= 11 is 1.83. The zero-order valence-electron chi connectivity index (χ0n) is 12.4. The van der Waals surface area contributed by atoms with Crippen molar-refractivity contribution in [2.45, 2.75) is 58.6 Å². The first-order valence-corrected chi connectivity index (χ1v) is 8.52. The van der Waals surface area contributed by atoms with E-state index in [4.69, 9.17) is 4.74 Å². The quantitative estimate of drug-likeness (QED) is 0.781. The summed E-state index contributed by atoms with van der Waals surface area (Å²) in [5.74, 6) is 0. The molecule has 19 heavy (non-hydrogen) atoms. The minimum absolute atomic E-state index is 0.367. The second-order valence-electron chi connectivity index (χ2n) is 5.48. The third-order valence-corrected chi connectivity index (χ3v) is 5.74. The summed E-state index contributed by atoms with van der Waals surface area (Å²) < 4.78 is 6.19. The highest BCUT2D eigenvalue weighted by Crippen LogP contribution is 2.48. The van der Waals surface area contributed by atoms with Crippen molar-refractivity contribution in [3.05, 3.63) is 22.4 Å². The predicted molar refractivity (Wildman–Crippen MR) is 82.9 cm³/mol. The van der Waals surface area contributed by atoms with Crippen LogP contribution in [0.5, 0.6) is 0 Å². The number of rotatable bonds is 8. The van der Waals surface area contributed by atoms with Gasteiger partial charge in [0, 0.05) is 22.8 Å². The molecule has 2 nitrogen and oxygen atoms in total. The lowest BCUT2D eigenvalue weighted by Gasteiger charge is -2.55. The van der Waals surface area contributed by atoms with E-state index in [-0.39, 0.29) is 0 Å². The van der Waals surface area contributed by atoms with E-state index in [0.717, 1.165) is 19.6 Å². The molecule has 108 valence electrons. The number of ether oxygens (including phenoxy) is 1. The van der Waals surface area contributed by atoms with E-state index in [1.165, 1.54) is 24.1 Å². The van der Waals surface area contributed by atoms with Gasteiger partial charge in [-0.15, -0.1) is 11.3 Å². The van der Waals surface area contributed by atoms with Crippen molar-refractivity contribution in [3.63, 3.8) is 0 Å². The van der Waals surface area contributed by atoms with Crippen molar-refractivity contribution in [2.75, 3.05) is 13.2 Å². The van der Waals surface area contributed by atoms with E-state index in [9.17, 15) is 0 Å². The molecule has 2 unspecified atom stereocenters. The maximum absolute atomic E-state index is 6.19. The molecule has 1 aliphatic carbocycles. The molecule has 1 N–H and O–H groups in total. The first-order valence-electron chi connectivity index (χ1n) is 7.64. The number of hydrogen-bond donors (Lipinski definition) is 1. The molecule has 0 spiro atoms. The molecule has 0 aromatic carbocycles. The first kappa shape index (κ1) is 15.0. The number of nitrogens with one attached hydrogen (secondary N) is 1. The van der Waals surface area contributed by atoms with Crippen molar-refractivity contribution in [1.29, 1.82) is 0 Å². The van der Waals surface area contributed by atoms with E-state index < -0.39 is 0 Å². The molecule has 1 aromatic rings. The molecule has 2 atom stereocenters. The molecule has 2 rings (SSSR count). The minimum Gasteiger partial charge on any atom is -0.377 e. The molecule has 0 saturated heterocycles. The van der Waals surface area contributed by atoms with Crippen LogP contribution in [0.2, 0.25) is 0 Å². The van der Waals surface area contributed by atoms with Gasteiger partial charge in [-0.2, -0.15) is 0 Å². The highest BCUT2D eigenvalue weighted by atomic mass is 32.1. The summed E-state index contributed by atoms with van der Waals surface area (Å²) in [7, 11) is 0. The van der Waals surface area contributed by atoms with Gasteiger partial charge in [0.1, 0.15) is 0 Å². The molecule has 1 aromatic heterocycles. The van der Waals surface area contributed by atoms with Gasteiger partial charge in [-0.05, 0) is 37.3 Å². The van der Waals surface area contributed by atoms with Gasteiger partial charge in [0.25, 0.3) is 0 Å². The lowest BCUT2D eigenvalue weighted by molar-refractivity contribution is -0.139. The monoisotopic (exact) mass is 281 g/mol. The fourth-order valence-electron chi connectivity index (χ4n) is 3.47. The van der Waals surface area contributed by atoms with Crippen molar-refractivity contribution in [3.8, 4) is 0 Å². The van der Waals surface area contributed by atoms with E-state index in [1.807, 2.05) is 11.3 Å². The van der Waals surface area contributed by atoms with Gasteiger partial charge in [-0.3, -0.25) is 0 Å². The van der Waals surface area contributed by atoms with Crippen molar-refractivity contribution < 1.29 is 4.74 Å². The second kappa shape index (κ2) is 6.87. The van der Waals surface area contributed by atoms with Crippen LogP contribution in [-0.4, -0.2) is 25.3 Å². The van der Waals surface area contributed by atoms with Crippen LogP contribution in [0.4, 0.5) is 0 Å². The Balaban J connectivity index is 1.83. The van der Waals surface area contributed by atoms with Crippen LogP contribution < -0.4 is 5.32 Å². The van der Waals surface area contributed by atoms with Crippen LogP contribution in [-0.2, 0) is 11.2 Å². The van der Waals surface area contributed by atoms with Gasteiger partial charge in [-0.25, -0.2) is 0 Å². The Kier molecular flexibility index (Phi) is 5.43. The fraction of sp³-hybridized carbons (Fsp3) is 0.750. The van der Waals surface area contributed by atoms with Crippen LogP contribution in [0, 0.1) is 5.41 Å². The lowest BCUT2D eigenvalue weighted by atomic mass is 9.58. The molecule has 3 heteroatoms. The van der Waals surface area contributed by atoms with Crippen molar-refractivity contribution in [1.82, 2.24) is 5.32 Å². The van der Waals surface area contributed by atoms with Crippen molar-refractivity contribution >= 4 is 11.3 Å². The third-order valence-electron chi connectivity index (χ3n) is 4.80. The number of thiophene rings is 1. The zero-order chi connectivity index (χ0) is 13.7. The van der Waals surface area contributed by atoms with Crippen molar-refractivity contribution in [2.24, 2.45) is 5.41 Å². The fourth-order valence-corrected chi connectivity index (χ4v) is 4.16. The lowest BCUT2D eigenvalue weighted by Crippen LogP contribution is -2.63. The Morgan fingerprint density at radius 2 is 2.16 bits per heavy atom. The highest BCUT2D eigenvalue weighted by Gasteiger charge is 2.52. The normalized spacial score (nSPS) is 25.2. The predicted octanol–water partition coefficient (Wildman–Crippen LogP) is 3.86. The second-order valence-corrected chi connectivity index (χ2v) is 6.51. The van der Waals surface area contributed by atoms with Gasteiger partial charge < -0.3 is 10.1 Å². The molecule has 0 aliphatic heterocycles. The Morgan fingerprint density at radius 3 is 2.74 bits per heavy atom. The Labute approximate surface area is 121 Å². The molecule has 1 aliphatic rings. The van der Waals surface area contributed by atoms with E-state index >= 15 is 0 Å². The van der Waals surface area contributed by atoms with E-state index in [2.05, 4.69) is 43.6 Å². The summed E-state index contributed by atoms with van der Waals surface area (Å²) in [5.41, 5.74) is 0.367. The standard InChI is InChI=1S/C16H27NOS/c1-4-16(5-2)14(17-6-3)12-15(16)18-10-9-13-8-7-11-19-13/h7-8,11,14-15,17H,4-6,9-10,12H2,1-3H3. The summed E-state index contributed by atoms with van der Waals surface area (Å²) in [6, 6.07) is 4.97. The molecule has 0 radical (unpaired) electrons. The van der Waals surface area contributed by atoms with Crippen LogP contribution >= 0.6 is 11.3 Å². The van der Waals surface area contributed by atoms with Gasteiger partial charge in [0.05, 0.1) is 12.7 Å². The largest absolute Gasteiger partial charge is 0.377 e. The van der Waals surface area contributed by atoms with E-state index in [1.54, 1.807) is 0 Å². The molecular formula is C16H27NOS. The van der Waals surface area contributed by atoms with Gasteiger partial charge in [0.2, 0.25) is 0 Å².